The third kappa shape index (κ3) is 3.51. The summed E-state index contributed by atoms with van der Waals surface area (Å²) in [5.41, 5.74) is 2.41. The van der Waals surface area contributed by atoms with Gasteiger partial charge in [0.15, 0.2) is 0 Å². The number of benzene rings is 1. The monoisotopic (exact) mass is 285 g/mol. The van der Waals surface area contributed by atoms with Crippen molar-refractivity contribution in [3.05, 3.63) is 41.7 Å². The van der Waals surface area contributed by atoms with E-state index in [1.54, 1.807) is 0 Å². The topological polar surface area (TPSA) is 47.0 Å². The van der Waals surface area contributed by atoms with Gasteiger partial charge in [-0.05, 0) is 29.5 Å². The first-order valence-corrected chi connectivity index (χ1v) is 7.25. The molecular formula is C17H23N3O. The zero-order valence-corrected chi connectivity index (χ0v) is 13.4. The predicted octanol–water partition coefficient (Wildman–Crippen LogP) is 4.17. The number of ether oxygens (including phenoxy) is 1. The third-order valence-corrected chi connectivity index (χ3v) is 3.43. The molecule has 0 amide bonds. The average molecular weight is 285 g/mol. The van der Waals surface area contributed by atoms with Crippen LogP contribution >= 0.6 is 0 Å². The van der Waals surface area contributed by atoms with Crippen LogP contribution < -0.4 is 10.1 Å². The molecule has 1 aromatic carbocycles. The van der Waals surface area contributed by atoms with Gasteiger partial charge in [0.05, 0.1) is 5.56 Å². The van der Waals surface area contributed by atoms with Crippen LogP contribution in [0.2, 0.25) is 0 Å². The molecule has 4 nitrogen and oxygen atoms in total. The van der Waals surface area contributed by atoms with Crippen molar-refractivity contribution in [1.29, 1.82) is 0 Å². The minimum Gasteiger partial charge on any atom is -0.439 e. The summed E-state index contributed by atoms with van der Waals surface area (Å²) < 4.78 is 5.92. The van der Waals surface area contributed by atoms with Crippen molar-refractivity contribution in [3.8, 4) is 11.6 Å². The Morgan fingerprint density at radius 1 is 1.10 bits per heavy atom. The van der Waals surface area contributed by atoms with Crippen LogP contribution in [-0.4, -0.2) is 17.0 Å². The highest BCUT2D eigenvalue weighted by Gasteiger charge is 2.14. The summed E-state index contributed by atoms with van der Waals surface area (Å²) in [7, 11) is 1.85. The number of hydrogen-bond donors (Lipinski definition) is 1. The van der Waals surface area contributed by atoms with Crippen molar-refractivity contribution in [2.75, 3.05) is 12.4 Å². The smallest absolute Gasteiger partial charge is 0.227 e. The second-order valence-electron chi connectivity index (χ2n) is 5.99. The van der Waals surface area contributed by atoms with E-state index in [2.05, 4.69) is 55.1 Å². The van der Waals surface area contributed by atoms with Gasteiger partial charge in [0, 0.05) is 7.05 Å². The summed E-state index contributed by atoms with van der Waals surface area (Å²) in [4.78, 5) is 8.47. The second kappa shape index (κ2) is 6.12. The van der Waals surface area contributed by atoms with Crippen LogP contribution in [0.25, 0.3) is 0 Å². The molecule has 1 heterocycles. The molecule has 0 unspecified atom stereocenters. The van der Waals surface area contributed by atoms with Crippen LogP contribution in [0.5, 0.6) is 11.6 Å². The van der Waals surface area contributed by atoms with Crippen molar-refractivity contribution >= 4 is 5.82 Å². The lowest BCUT2D eigenvalue weighted by Gasteiger charge is -2.19. The number of rotatable bonds is 4. The van der Waals surface area contributed by atoms with E-state index < -0.39 is 0 Å². The van der Waals surface area contributed by atoms with E-state index in [1.807, 2.05) is 19.2 Å². The Morgan fingerprint density at radius 2 is 1.76 bits per heavy atom. The zero-order chi connectivity index (χ0) is 15.5. The van der Waals surface area contributed by atoms with E-state index >= 15 is 0 Å². The first kappa shape index (κ1) is 15.3. The summed E-state index contributed by atoms with van der Waals surface area (Å²) in [5, 5.41) is 3.07. The maximum atomic E-state index is 5.92. The molecule has 0 fully saturated rings. The number of nitrogens with zero attached hydrogens (tertiary/aromatic N) is 2. The minimum absolute atomic E-state index is 0.140. The van der Waals surface area contributed by atoms with Crippen molar-refractivity contribution < 1.29 is 4.74 Å². The van der Waals surface area contributed by atoms with Gasteiger partial charge in [-0.2, -0.15) is 0 Å². The van der Waals surface area contributed by atoms with E-state index in [-0.39, 0.29) is 5.41 Å². The van der Waals surface area contributed by atoms with Crippen molar-refractivity contribution in [2.45, 2.75) is 39.5 Å². The van der Waals surface area contributed by atoms with E-state index in [4.69, 9.17) is 4.74 Å². The SMILES string of the molecule is CCc1c(NC)ncnc1Oc1ccc(C(C)(C)C)cc1. The van der Waals surface area contributed by atoms with Crippen LogP contribution in [0.3, 0.4) is 0 Å². The average Bonchev–Trinajstić information content (AvgIpc) is 2.46. The van der Waals surface area contributed by atoms with E-state index in [9.17, 15) is 0 Å². The number of nitrogens with one attached hydrogen (secondary N) is 1. The molecular weight excluding hydrogens is 262 g/mol. The fraction of sp³-hybridized carbons (Fsp3) is 0.412. The molecule has 0 radical (unpaired) electrons. The van der Waals surface area contributed by atoms with Gasteiger partial charge in [0.2, 0.25) is 5.88 Å². The first-order chi connectivity index (χ1) is 9.95. The molecule has 21 heavy (non-hydrogen) atoms. The molecule has 0 bridgehead atoms. The lowest BCUT2D eigenvalue weighted by Crippen LogP contribution is -2.10. The molecule has 0 spiro atoms. The van der Waals surface area contributed by atoms with Gasteiger partial charge in [-0.15, -0.1) is 0 Å². The van der Waals surface area contributed by atoms with Crippen LogP contribution in [0.4, 0.5) is 5.82 Å². The molecule has 0 aliphatic rings. The van der Waals surface area contributed by atoms with Gasteiger partial charge >= 0.3 is 0 Å². The molecule has 1 aromatic heterocycles. The summed E-state index contributed by atoms with van der Waals surface area (Å²) in [6.45, 7) is 8.65. The third-order valence-electron chi connectivity index (χ3n) is 3.43. The van der Waals surface area contributed by atoms with Gasteiger partial charge in [0.25, 0.3) is 0 Å². The molecule has 1 N–H and O–H groups in total. The Hall–Kier alpha value is -2.10. The molecule has 0 aliphatic heterocycles. The molecule has 2 aromatic rings. The van der Waals surface area contributed by atoms with Gasteiger partial charge in [-0.3, -0.25) is 0 Å². The highest BCUT2D eigenvalue weighted by atomic mass is 16.5. The highest BCUT2D eigenvalue weighted by molar-refractivity contribution is 5.49. The van der Waals surface area contributed by atoms with Crippen LogP contribution in [-0.2, 0) is 11.8 Å². The maximum absolute atomic E-state index is 5.92. The number of aromatic nitrogens is 2. The van der Waals surface area contributed by atoms with Gasteiger partial charge in [-0.1, -0.05) is 39.8 Å². The summed E-state index contributed by atoms with van der Waals surface area (Å²) in [6, 6.07) is 8.17. The Labute approximate surface area is 126 Å². The second-order valence-corrected chi connectivity index (χ2v) is 5.99. The van der Waals surface area contributed by atoms with Crippen molar-refractivity contribution in [2.24, 2.45) is 0 Å². The Balaban J connectivity index is 2.26. The Kier molecular flexibility index (Phi) is 4.46. The molecule has 0 atom stereocenters. The van der Waals surface area contributed by atoms with E-state index in [1.165, 1.54) is 11.9 Å². The lowest BCUT2D eigenvalue weighted by atomic mass is 9.87. The van der Waals surface area contributed by atoms with E-state index in [0.717, 1.165) is 23.6 Å². The van der Waals surface area contributed by atoms with Crippen LogP contribution in [0, 0.1) is 0 Å². The molecule has 2 rings (SSSR count). The van der Waals surface area contributed by atoms with Gasteiger partial charge in [-0.25, -0.2) is 9.97 Å². The molecule has 0 saturated carbocycles. The largest absolute Gasteiger partial charge is 0.439 e. The summed E-state index contributed by atoms with van der Waals surface area (Å²) in [6.07, 6.45) is 2.33. The van der Waals surface area contributed by atoms with Crippen LogP contribution in [0.1, 0.15) is 38.8 Å². The first-order valence-electron chi connectivity index (χ1n) is 7.25. The van der Waals surface area contributed by atoms with Crippen LogP contribution in [0.15, 0.2) is 30.6 Å². The standard InChI is InChI=1S/C17H23N3O/c1-6-14-15(18-5)19-11-20-16(14)21-13-9-7-12(8-10-13)17(2,3)4/h7-11H,6H2,1-5H3,(H,18,19,20). The maximum Gasteiger partial charge on any atom is 0.227 e. The Morgan fingerprint density at radius 3 is 2.29 bits per heavy atom. The predicted molar refractivity (Wildman–Crippen MR) is 86.2 cm³/mol. The number of anilines is 1. The highest BCUT2D eigenvalue weighted by Crippen LogP contribution is 2.29. The fourth-order valence-electron chi connectivity index (χ4n) is 2.15. The Bertz CT molecular complexity index is 600. The fourth-order valence-corrected chi connectivity index (χ4v) is 2.15. The quantitative estimate of drug-likeness (QED) is 0.915. The van der Waals surface area contributed by atoms with Crippen molar-refractivity contribution in [3.63, 3.8) is 0 Å². The lowest BCUT2D eigenvalue weighted by molar-refractivity contribution is 0.455. The summed E-state index contributed by atoms with van der Waals surface area (Å²) >= 11 is 0. The van der Waals surface area contributed by atoms with Gasteiger partial charge in [0.1, 0.15) is 17.9 Å². The molecule has 0 aliphatic carbocycles. The number of hydrogen-bond acceptors (Lipinski definition) is 4. The summed E-state index contributed by atoms with van der Waals surface area (Å²) in [5.74, 6) is 2.22. The van der Waals surface area contributed by atoms with Gasteiger partial charge < -0.3 is 10.1 Å². The molecule has 112 valence electrons. The normalized spacial score (nSPS) is 11.3. The minimum atomic E-state index is 0.140. The molecule has 4 heteroatoms. The zero-order valence-electron chi connectivity index (χ0n) is 13.4. The van der Waals surface area contributed by atoms with E-state index in [0.29, 0.717) is 5.88 Å². The molecule has 0 saturated heterocycles. The van der Waals surface area contributed by atoms with Crippen molar-refractivity contribution in [1.82, 2.24) is 9.97 Å².